The fraction of sp³-hybridized carbons (Fsp3) is 0.769. The van der Waals surface area contributed by atoms with E-state index in [2.05, 4.69) is 28.7 Å². The van der Waals surface area contributed by atoms with Crippen LogP contribution in [0.15, 0.2) is 12.5 Å². The summed E-state index contributed by atoms with van der Waals surface area (Å²) in [6, 6.07) is 0.523. The first kappa shape index (κ1) is 12.6. The maximum Gasteiger partial charge on any atom is 0.0951 e. The second-order valence-electron chi connectivity index (χ2n) is 4.76. The van der Waals surface area contributed by atoms with E-state index in [1.54, 1.807) is 0 Å². The van der Waals surface area contributed by atoms with Gasteiger partial charge >= 0.3 is 0 Å². The van der Waals surface area contributed by atoms with E-state index >= 15 is 0 Å². The van der Waals surface area contributed by atoms with Crippen molar-refractivity contribution < 1.29 is 4.74 Å². The van der Waals surface area contributed by atoms with Crippen molar-refractivity contribution in [3.8, 4) is 0 Å². The Balaban J connectivity index is 2.01. The summed E-state index contributed by atoms with van der Waals surface area (Å²) in [6.07, 6.45) is 6.27. The third-order valence-corrected chi connectivity index (χ3v) is 3.69. The summed E-state index contributed by atoms with van der Waals surface area (Å²) < 4.78 is 7.74. The highest BCUT2D eigenvalue weighted by molar-refractivity contribution is 5.00. The molecule has 1 aliphatic heterocycles. The molecule has 2 rings (SSSR count). The predicted molar refractivity (Wildman–Crippen MR) is 67.9 cm³/mol. The van der Waals surface area contributed by atoms with Crippen LogP contribution in [0.3, 0.4) is 0 Å². The number of rotatable bonds is 5. The van der Waals surface area contributed by atoms with Gasteiger partial charge in [0.15, 0.2) is 0 Å². The van der Waals surface area contributed by atoms with Gasteiger partial charge in [0.2, 0.25) is 0 Å². The minimum atomic E-state index is 0.523. The van der Waals surface area contributed by atoms with Gasteiger partial charge in [-0.15, -0.1) is 0 Å². The Bertz CT molecular complexity index is 331. The van der Waals surface area contributed by atoms with E-state index in [-0.39, 0.29) is 0 Å². The standard InChI is InChI=1S/C13H23N3O/c1-3-14-8-13-9-15-10-16(13)11(2)12-4-6-17-7-5-12/h9-12,14H,3-8H2,1-2H3. The number of imidazole rings is 1. The first-order chi connectivity index (χ1) is 8.33. The van der Waals surface area contributed by atoms with Crippen LogP contribution in [0.4, 0.5) is 0 Å². The first-order valence-corrected chi connectivity index (χ1v) is 6.62. The molecule has 96 valence electrons. The Hall–Kier alpha value is -0.870. The van der Waals surface area contributed by atoms with E-state index in [0.29, 0.717) is 6.04 Å². The van der Waals surface area contributed by atoms with E-state index in [1.165, 1.54) is 18.5 Å². The summed E-state index contributed by atoms with van der Waals surface area (Å²) in [5.74, 6) is 0.721. The van der Waals surface area contributed by atoms with Gasteiger partial charge in [-0.25, -0.2) is 4.98 Å². The van der Waals surface area contributed by atoms with Crippen molar-refractivity contribution in [1.29, 1.82) is 0 Å². The summed E-state index contributed by atoms with van der Waals surface area (Å²) >= 11 is 0. The highest BCUT2D eigenvalue weighted by atomic mass is 16.5. The van der Waals surface area contributed by atoms with E-state index in [1.807, 2.05) is 12.5 Å². The number of aromatic nitrogens is 2. The summed E-state index contributed by atoms with van der Waals surface area (Å²) in [7, 11) is 0. The summed E-state index contributed by atoms with van der Waals surface area (Å²) in [6.45, 7) is 8.15. The van der Waals surface area contributed by atoms with E-state index in [9.17, 15) is 0 Å². The van der Waals surface area contributed by atoms with Gasteiger partial charge < -0.3 is 14.6 Å². The molecule has 4 nitrogen and oxygen atoms in total. The smallest absolute Gasteiger partial charge is 0.0951 e. The molecule has 0 radical (unpaired) electrons. The molecule has 1 N–H and O–H groups in total. The lowest BCUT2D eigenvalue weighted by atomic mass is 9.92. The Morgan fingerprint density at radius 1 is 1.53 bits per heavy atom. The summed E-state index contributed by atoms with van der Waals surface area (Å²) in [4.78, 5) is 4.28. The van der Waals surface area contributed by atoms with Crippen molar-refractivity contribution >= 4 is 0 Å². The van der Waals surface area contributed by atoms with Crippen LogP contribution in [0.5, 0.6) is 0 Å². The molecule has 1 fully saturated rings. The molecule has 2 heterocycles. The molecular weight excluding hydrogens is 214 g/mol. The van der Waals surface area contributed by atoms with Crippen molar-refractivity contribution in [3.63, 3.8) is 0 Å². The highest BCUT2D eigenvalue weighted by Crippen LogP contribution is 2.28. The van der Waals surface area contributed by atoms with Crippen LogP contribution in [-0.2, 0) is 11.3 Å². The van der Waals surface area contributed by atoms with Gasteiger partial charge in [0, 0.05) is 32.0 Å². The number of hydrogen-bond donors (Lipinski definition) is 1. The van der Waals surface area contributed by atoms with Crippen LogP contribution in [0.25, 0.3) is 0 Å². The molecule has 1 aromatic heterocycles. The lowest BCUT2D eigenvalue weighted by Crippen LogP contribution is -2.26. The van der Waals surface area contributed by atoms with Crippen molar-refractivity contribution in [2.24, 2.45) is 5.92 Å². The highest BCUT2D eigenvalue weighted by Gasteiger charge is 2.22. The third kappa shape index (κ3) is 3.07. The second-order valence-corrected chi connectivity index (χ2v) is 4.76. The molecule has 0 aliphatic carbocycles. The van der Waals surface area contributed by atoms with E-state index in [0.717, 1.165) is 32.2 Å². The van der Waals surface area contributed by atoms with Crippen LogP contribution in [0, 0.1) is 5.92 Å². The number of hydrogen-bond acceptors (Lipinski definition) is 3. The largest absolute Gasteiger partial charge is 0.381 e. The maximum atomic E-state index is 5.43. The molecule has 1 atom stereocenters. The molecule has 4 heteroatoms. The van der Waals surface area contributed by atoms with Crippen molar-refractivity contribution in [2.45, 2.75) is 39.3 Å². The number of nitrogens with one attached hydrogen (secondary N) is 1. The topological polar surface area (TPSA) is 39.1 Å². The lowest BCUT2D eigenvalue weighted by molar-refractivity contribution is 0.0509. The summed E-state index contributed by atoms with van der Waals surface area (Å²) in [5.41, 5.74) is 1.28. The molecule has 1 aliphatic rings. The molecular formula is C13H23N3O. The predicted octanol–water partition coefficient (Wildman–Crippen LogP) is 1.98. The van der Waals surface area contributed by atoms with Crippen molar-refractivity contribution in [2.75, 3.05) is 19.8 Å². The molecule has 1 aromatic rings. The van der Waals surface area contributed by atoms with Gasteiger partial charge in [0.05, 0.1) is 12.0 Å². The molecule has 17 heavy (non-hydrogen) atoms. The van der Waals surface area contributed by atoms with Crippen LogP contribution in [0.1, 0.15) is 38.4 Å². The van der Waals surface area contributed by atoms with Crippen LogP contribution in [-0.4, -0.2) is 29.3 Å². The zero-order valence-electron chi connectivity index (χ0n) is 10.9. The minimum absolute atomic E-state index is 0.523. The quantitative estimate of drug-likeness (QED) is 0.851. The molecule has 0 bridgehead atoms. The van der Waals surface area contributed by atoms with Crippen LogP contribution in [0.2, 0.25) is 0 Å². The second kappa shape index (κ2) is 6.17. The van der Waals surface area contributed by atoms with E-state index in [4.69, 9.17) is 4.74 Å². The van der Waals surface area contributed by atoms with Crippen molar-refractivity contribution in [1.82, 2.24) is 14.9 Å². The molecule has 0 amide bonds. The Labute approximate surface area is 103 Å². The number of ether oxygens (including phenoxy) is 1. The Kier molecular flexibility index (Phi) is 4.57. The molecule has 1 saturated heterocycles. The number of nitrogens with zero attached hydrogens (tertiary/aromatic N) is 2. The molecule has 0 saturated carbocycles. The Morgan fingerprint density at radius 3 is 3.00 bits per heavy atom. The summed E-state index contributed by atoms with van der Waals surface area (Å²) in [5, 5.41) is 3.36. The fourth-order valence-corrected chi connectivity index (χ4v) is 2.51. The zero-order chi connectivity index (χ0) is 12.1. The molecule has 0 spiro atoms. The SMILES string of the molecule is CCNCc1cncn1C(C)C1CCOCC1. The van der Waals surface area contributed by atoms with Crippen LogP contribution >= 0.6 is 0 Å². The lowest BCUT2D eigenvalue weighted by Gasteiger charge is -2.29. The average molecular weight is 237 g/mol. The van der Waals surface area contributed by atoms with E-state index < -0.39 is 0 Å². The zero-order valence-corrected chi connectivity index (χ0v) is 10.9. The average Bonchev–Trinajstić information content (AvgIpc) is 2.84. The van der Waals surface area contributed by atoms with Gasteiger partial charge in [0.1, 0.15) is 0 Å². The van der Waals surface area contributed by atoms with Gasteiger partial charge in [-0.05, 0) is 32.2 Å². The Morgan fingerprint density at radius 2 is 2.29 bits per heavy atom. The third-order valence-electron chi connectivity index (χ3n) is 3.69. The normalized spacial score (nSPS) is 19.4. The van der Waals surface area contributed by atoms with Gasteiger partial charge in [-0.2, -0.15) is 0 Å². The van der Waals surface area contributed by atoms with Gasteiger partial charge in [0.25, 0.3) is 0 Å². The fourth-order valence-electron chi connectivity index (χ4n) is 2.51. The maximum absolute atomic E-state index is 5.43. The van der Waals surface area contributed by atoms with Crippen LogP contribution < -0.4 is 5.32 Å². The van der Waals surface area contributed by atoms with Gasteiger partial charge in [-0.1, -0.05) is 6.92 Å². The molecule has 1 unspecified atom stereocenters. The first-order valence-electron chi connectivity index (χ1n) is 6.62. The minimum Gasteiger partial charge on any atom is -0.381 e. The van der Waals surface area contributed by atoms with Gasteiger partial charge in [-0.3, -0.25) is 0 Å². The van der Waals surface area contributed by atoms with Crippen molar-refractivity contribution in [3.05, 3.63) is 18.2 Å². The molecule has 0 aromatic carbocycles. The monoisotopic (exact) mass is 237 g/mol.